The smallest absolute Gasteiger partial charge is 0.323 e. The van der Waals surface area contributed by atoms with Crippen LogP contribution in [-0.2, 0) is 4.79 Å². The molecule has 0 atom stereocenters. The summed E-state index contributed by atoms with van der Waals surface area (Å²) in [6, 6.07) is 0.974. The van der Waals surface area contributed by atoms with Crippen LogP contribution in [-0.4, -0.2) is 44.9 Å². The van der Waals surface area contributed by atoms with Crippen LogP contribution in [0.1, 0.15) is 17.3 Å². The molecule has 0 aliphatic rings. The zero-order valence-electron chi connectivity index (χ0n) is 9.87. The minimum Gasteiger partial charge on any atom is -0.480 e. The summed E-state index contributed by atoms with van der Waals surface area (Å²) in [7, 11) is 0. The highest BCUT2D eigenvalue weighted by molar-refractivity contribution is 6.32. The van der Waals surface area contributed by atoms with Crippen LogP contribution < -0.4 is 0 Å². The van der Waals surface area contributed by atoms with Gasteiger partial charge < -0.3 is 10.0 Å². The molecule has 1 aromatic heterocycles. The van der Waals surface area contributed by atoms with Gasteiger partial charge in [0, 0.05) is 12.6 Å². The maximum absolute atomic E-state index is 12.0. The average molecular weight is 288 g/mol. The van der Waals surface area contributed by atoms with Gasteiger partial charge in [0.15, 0.2) is 0 Å². The fourth-order valence-electron chi connectivity index (χ4n) is 1.35. The summed E-state index contributed by atoms with van der Waals surface area (Å²) in [4.78, 5) is 37.1. The molecule has 0 unspecified atom stereocenters. The zero-order chi connectivity index (χ0) is 14.6. The molecule has 0 aliphatic heterocycles. The molecule has 0 fully saturated rings. The van der Waals surface area contributed by atoms with Crippen molar-refractivity contribution in [2.45, 2.75) is 6.92 Å². The SMILES string of the molecule is CCN(CC(=O)O)C(=O)c1cc([N+](=O)[O-])cnc1Cl. The first-order chi connectivity index (χ1) is 8.86. The molecule has 102 valence electrons. The average Bonchev–Trinajstić information content (AvgIpc) is 2.35. The van der Waals surface area contributed by atoms with E-state index in [9.17, 15) is 19.7 Å². The highest BCUT2D eigenvalue weighted by Crippen LogP contribution is 2.20. The lowest BCUT2D eigenvalue weighted by molar-refractivity contribution is -0.385. The predicted molar refractivity (Wildman–Crippen MR) is 65.1 cm³/mol. The van der Waals surface area contributed by atoms with E-state index in [0.717, 1.165) is 17.2 Å². The van der Waals surface area contributed by atoms with Gasteiger partial charge >= 0.3 is 5.97 Å². The van der Waals surface area contributed by atoms with E-state index in [0.29, 0.717) is 0 Å². The quantitative estimate of drug-likeness (QED) is 0.494. The van der Waals surface area contributed by atoms with Crippen LogP contribution in [0.2, 0.25) is 5.15 Å². The summed E-state index contributed by atoms with van der Waals surface area (Å²) in [5.74, 6) is -1.91. The molecule has 1 heterocycles. The lowest BCUT2D eigenvalue weighted by atomic mass is 10.2. The van der Waals surface area contributed by atoms with Crippen LogP contribution in [0.15, 0.2) is 12.3 Å². The van der Waals surface area contributed by atoms with Gasteiger partial charge in [-0.05, 0) is 6.92 Å². The first-order valence-electron chi connectivity index (χ1n) is 5.17. The highest BCUT2D eigenvalue weighted by atomic mass is 35.5. The minimum atomic E-state index is -1.19. The second kappa shape index (κ2) is 6.10. The van der Waals surface area contributed by atoms with Crippen molar-refractivity contribution >= 4 is 29.2 Å². The van der Waals surface area contributed by atoms with Crippen LogP contribution in [0.3, 0.4) is 0 Å². The first-order valence-corrected chi connectivity index (χ1v) is 5.55. The molecular formula is C10H10ClN3O5. The number of nitrogens with zero attached hydrogens (tertiary/aromatic N) is 3. The topological polar surface area (TPSA) is 114 Å². The molecule has 0 saturated heterocycles. The minimum absolute atomic E-state index is 0.129. The lowest BCUT2D eigenvalue weighted by Gasteiger charge is -2.18. The van der Waals surface area contributed by atoms with Crippen molar-refractivity contribution in [2.75, 3.05) is 13.1 Å². The third-order valence-corrected chi connectivity index (χ3v) is 2.56. The van der Waals surface area contributed by atoms with E-state index in [4.69, 9.17) is 16.7 Å². The second-order valence-electron chi connectivity index (χ2n) is 3.50. The number of carboxylic acid groups (broad SMARTS) is 1. The number of likely N-dealkylation sites (N-methyl/N-ethyl adjacent to an activating group) is 1. The van der Waals surface area contributed by atoms with Crippen LogP contribution in [0.25, 0.3) is 0 Å². The summed E-state index contributed by atoms with van der Waals surface area (Å²) in [6.45, 7) is 1.19. The monoisotopic (exact) mass is 287 g/mol. The van der Waals surface area contributed by atoms with Crippen molar-refractivity contribution in [3.05, 3.63) is 33.1 Å². The van der Waals surface area contributed by atoms with Gasteiger partial charge in [-0.3, -0.25) is 19.7 Å². The molecule has 9 heteroatoms. The molecule has 19 heavy (non-hydrogen) atoms. The third kappa shape index (κ3) is 3.62. The Morgan fingerprint density at radius 1 is 1.58 bits per heavy atom. The maximum atomic E-state index is 12.0. The largest absolute Gasteiger partial charge is 0.480 e. The van der Waals surface area contributed by atoms with Crippen LogP contribution >= 0.6 is 11.6 Å². The van der Waals surface area contributed by atoms with Crippen molar-refractivity contribution < 1.29 is 19.6 Å². The van der Waals surface area contributed by atoms with E-state index < -0.39 is 23.3 Å². The van der Waals surface area contributed by atoms with Gasteiger partial charge in [0.2, 0.25) is 0 Å². The molecule has 1 rings (SSSR count). The maximum Gasteiger partial charge on any atom is 0.323 e. The standard InChI is InChI=1S/C10H10ClN3O5/c1-2-13(5-8(15)16)10(17)7-3-6(14(18)19)4-12-9(7)11/h3-4H,2,5H2,1H3,(H,15,16). The second-order valence-corrected chi connectivity index (χ2v) is 3.86. The molecule has 8 nitrogen and oxygen atoms in total. The number of carbonyl (C=O) groups excluding carboxylic acids is 1. The summed E-state index contributed by atoms with van der Waals surface area (Å²) in [6.07, 6.45) is 0.923. The van der Waals surface area contributed by atoms with E-state index in [1.54, 1.807) is 6.92 Å². The number of nitro groups is 1. The Kier molecular flexibility index (Phi) is 4.76. The number of carboxylic acids is 1. The molecule has 1 N–H and O–H groups in total. The number of pyridine rings is 1. The van der Waals surface area contributed by atoms with Gasteiger partial charge in [0.25, 0.3) is 11.6 Å². The summed E-state index contributed by atoms with van der Waals surface area (Å²) >= 11 is 5.70. The van der Waals surface area contributed by atoms with Gasteiger partial charge in [-0.1, -0.05) is 11.6 Å². The molecular weight excluding hydrogens is 278 g/mol. The van der Waals surface area contributed by atoms with Crippen LogP contribution in [0.5, 0.6) is 0 Å². The molecule has 0 saturated carbocycles. The number of aliphatic carboxylic acids is 1. The predicted octanol–water partition coefficient (Wildman–Crippen LogP) is 1.19. The van der Waals surface area contributed by atoms with Gasteiger partial charge in [-0.15, -0.1) is 0 Å². The molecule has 0 radical (unpaired) electrons. The molecule has 1 amide bonds. The van der Waals surface area contributed by atoms with Crippen molar-refractivity contribution in [2.24, 2.45) is 0 Å². The summed E-state index contributed by atoms with van der Waals surface area (Å²) in [5.41, 5.74) is -0.585. The number of aromatic nitrogens is 1. The molecule has 0 spiro atoms. The Bertz CT molecular complexity index is 534. The number of amides is 1. The molecule has 0 aliphatic carbocycles. The van der Waals surface area contributed by atoms with Crippen molar-refractivity contribution in [1.29, 1.82) is 0 Å². The molecule has 0 aromatic carbocycles. The Morgan fingerprint density at radius 3 is 2.68 bits per heavy atom. The van der Waals surface area contributed by atoms with Gasteiger partial charge in [0.05, 0.1) is 10.5 Å². The van der Waals surface area contributed by atoms with Crippen molar-refractivity contribution in [3.63, 3.8) is 0 Å². The van der Waals surface area contributed by atoms with Crippen LogP contribution in [0.4, 0.5) is 5.69 Å². The van der Waals surface area contributed by atoms with Gasteiger partial charge in [0.1, 0.15) is 17.9 Å². The normalized spacial score (nSPS) is 10.0. The van der Waals surface area contributed by atoms with E-state index >= 15 is 0 Å². The number of halogens is 1. The lowest BCUT2D eigenvalue weighted by Crippen LogP contribution is -2.35. The Labute approximate surface area is 112 Å². The van der Waals surface area contributed by atoms with Crippen molar-refractivity contribution in [3.8, 4) is 0 Å². The summed E-state index contributed by atoms with van der Waals surface area (Å²) < 4.78 is 0. The summed E-state index contributed by atoms with van der Waals surface area (Å²) in [5, 5.41) is 19.1. The van der Waals surface area contributed by atoms with Gasteiger partial charge in [-0.25, -0.2) is 4.98 Å². The van der Waals surface area contributed by atoms with Gasteiger partial charge in [-0.2, -0.15) is 0 Å². The molecule has 1 aromatic rings. The highest BCUT2D eigenvalue weighted by Gasteiger charge is 2.22. The van der Waals surface area contributed by atoms with Crippen molar-refractivity contribution in [1.82, 2.24) is 9.88 Å². The Morgan fingerprint density at radius 2 is 2.21 bits per heavy atom. The number of hydrogen-bond acceptors (Lipinski definition) is 5. The van der Waals surface area contributed by atoms with E-state index in [1.807, 2.05) is 0 Å². The number of rotatable bonds is 5. The Hall–Kier alpha value is -2.22. The zero-order valence-corrected chi connectivity index (χ0v) is 10.6. The van der Waals surface area contributed by atoms with E-state index in [1.165, 1.54) is 0 Å². The van der Waals surface area contributed by atoms with E-state index in [2.05, 4.69) is 4.98 Å². The number of hydrogen-bond donors (Lipinski definition) is 1. The third-order valence-electron chi connectivity index (χ3n) is 2.26. The molecule has 0 bridgehead atoms. The van der Waals surface area contributed by atoms with Crippen LogP contribution in [0, 0.1) is 10.1 Å². The fraction of sp³-hybridized carbons (Fsp3) is 0.300. The van der Waals surface area contributed by atoms with E-state index in [-0.39, 0.29) is 22.9 Å². The first kappa shape index (κ1) is 14.8. The fourth-order valence-corrected chi connectivity index (χ4v) is 1.53. The Balaban J connectivity index is 3.13. The number of carbonyl (C=O) groups is 2.